The van der Waals surface area contributed by atoms with Crippen LogP contribution >= 0.6 is 0 Å². The number of carbonyl (C=O) groups excluding carboxylic acids is 3. The molecule has 0 aromatic rings. The zero-order chi connectivity index (χ0) is 36.6. The monoisotopic (exact) mass is 681 g/mol. The number of rotatable bonds is 9. The predicted octanol–water partition coefficient (Wildman–Crippen LogP) is 8.93. The average molecular weight is 682 g/mol. The fourth-order valence-corrected chi connectivity index (χ4v) is 12.5. The van der Waals surface area contributed by atoms with Gasteiger partial charge in [0.15, 0.2) is 0 Å². The van der Waals surface area contributed by atoms with Gasteiger partial charge in [0.1, 0.15) is 18.4 Å². The fraction of sp³-hybridized carbons (Fsp3) is 0.857. The van der Waals surface area contributed by atoms with E-state index in [-0.39, 0.29) is 63.3 Å². The molecule has 0 saturated heterocycles. The van der Waals surface area contributed by atoms with Crippen LogP contribution in [0.25, 0.3) is 0 Å². The number of hydrogen-bond donors (Lipinski definition) is 2. The largest absolute Gasteiger partial charge is 0.480 e. The molecule has 4 fully saturated rings. The van der Waals surface area contributed by atoms with E-state index in [1.165, 1.54) is 5.57 Å². The molecule has 2 N–H and O–H groups in total. The van der Waals surface area contributed by atoms with Gasteiger partial charge in [-0.05, 0) is 116 Å². The van der Waals surface area contributed by atoms with Crippen LogP contribution in [0.1, 0.15) is 153 Å². The van der Waals surface area contributed by atoms with Gasteiger partial charge in [0, 0.05) is 10.8 Å². The Morgan fingerprint density at radius 3 is 2.16 bits per heavy atom. The third kappa shape index (κ3) is 6.23. The molecule has 5 aliphatic rings. The summed E-state index contributed by atoms with van der Waals surface area (Å²) in [6.07, 6.45) is 13.3. The first kappa shape index (κ1) is 38.1. The minimum atomic E-state index is -0.948. The summed E-state index contributed by atoms with van der Waals surface area (Å²) < 4.78 is 6.20. The third-order valence-corrected chi connectivity index (χ3v) is 15.5. The molecule has 0 heterocycles. The van der Waals surface area contributed by atoms with E-state index in [0.29, 0.717) is 18.3 Å². The number of ether oxygens (including phenoxy) is 1. The topological polar surface area (TPSA) is 110 Å². The molecule has 0 aromatic carbocycles. The number of aldehydes is 1. The Hall–Kier alpha value is -2.18. The standard InChI is InChI=1S/C42H67NO6/c1-26(2)22-29(34(46)47)43-35(48)42-20-18-36(3,4)23-28(42)27-12-13-31-39(9)16-15-32(49-33(45)24-37(5,6)25-44)38(7,8)30(39)14-17-41(31,11)40(27,10)19-21-42/h23,25-27,29-32H,12-22,24H2,1-11H3,(H,43,48)(H,46,47)/t27-,29+,30?,31?,32+,39+,40-,41-,42+/m1/s1. The Morgan fingerprint density at radius 2 is 1.55 bits per heavy atom. The first-order chi connectivity index (χ1) is 22.5. The van der Waals surface area contributed by atoms with Gasteiger partial charge in [-0.15, -0.1) is 0 Å². The molecule has 9 atom stereocenters. The molecule has 0 aromatic heterocycles. The summed E-state index contributed by atoms with van der Waals surface area (Å²) in [5.41, 5.74) is -0.0534. The predicted molar refractivity (Wildman–Crippen MR) is 192 cm³/mol. The Kier molecular flexibility index (Phi) is 9.71. The highest BCUT2D eigenvalue weighted by atomic mass is 16.5. The van der Waals surface area contributed by atoms with Crippen LogP contribution in [0.3, 0.4) is 0 Å². The van der Waals surface area contributed by atoms with Gasteiger partial charge in [-0.25, -0.2) is 4.79 Å². The van der Waals surface area contributed by atoms with Gasteiger partial charge in [0.2, 0.25) is 5.91 Å². The van der Waals surface area contributed by atoms with Gasteiger partial charge in [0.05, 0.1) is 11.8 Å². The zero-order valence-electron chi connectivity index (χ0n) is 32.6. The Labute approximate surface area is 296 Å². The molecular formula is C42H67NO6. The fourth-order valence-electron chi connectivity index (χ4n) is 12.5. The van der Waals surface area contributed by atoms with E-state index in [2.05, 4.69) is 59.9 Å². The lowest BCUT2D eigenvalue weighted by atomic mass is 9.32. The quantitative estimate of drug-likeness (QED) is 0.143. The average Bonchev–Trinajstić information content (AvgIpc) is 2.97. The van der Waals surface area contributed by atoms with Gasteiger partial charge in [-0.2, -0.15) is 0 Å². The van der Waals surface area contributed by atoms with Crippen LogP contribution in [0.4, 0.5) is 0 Å². The van der Waals surface area contributed by atoms with Crippen LogP contribution in [0.5, 0.6) is 0 Å². The summed E-state index contributed by atoms with van der Waals surface area (Å²) in [6, 6.07) is -0.871. The van der Waals surface area contributed by atoms with Crippen LogP contribution in [0.15, 0.2) is 11.6 Å². The van der Waals surface area contributed by atoms with Crippen molar-refractivity contribution < 1.29 is 29.0 Å². The number of hydrogen-bond acceptors (Lipinski definition) is 5. The van der Waals surface area contributed by atoms with E-state index < -0.39 is 22.8 Å². The van der Waals surface area contributed by atoms with Crippen molar-refractivity contribution in [3.8, 4) is 0 Å². The number of nitrogens with one attached hydrogen (secondary N) is 1. The molecule has 7 heteroatoms. The van der Waals surface area contributed by atoms with Crippen LogP contribution in [0, 0.1) is 61.6 Å². The van der Waals surface area contributed by atoms with Crippen LogP contribution in [-0.2, 0) is 23.9 Å². The lowest BCUT2D eigenvalue weighted by Gasteiger charge is -2.72. The summed E-state index contributed by atoms with van der Waals surface area (Å²) in [7, 11) is 0. The van der Waals surface area contributed by atoms with E-state index in [0.717, 1.165) is 70.5 Å². The maximum Gasteiger partial charge on any atom is 0.326 e. The van der Waals surface area contributed by atoms with E-state index in [4.69, 9.17) is 4.74 Å². The number of carboxylic acids is 1. The molecule has 7 nitrogen and oxygen atoms in total. The van der Waals surface area contributed by atoms with Crippen molar-refractivity contribution in [2.24, 2.45) is 61.6 Å². The van der Waals surface area contributed by atoms with Crippen molar-refractivity contribution in [2.45, 2.75) is 165 Å². The van der Waals surface area contributed by atoms with Crippen molar-refractivity contribution >= 4 is 24.1 Å². The van der Waals surface area contributed by atoms with Crippen molar-refractivity contribution in [3.63, 3.8) is 0 Å². The lowest BCUT2D eigenvalue weighted by molar-refractivity contribution is -0.234. The van der Waals surface area contributed by atoms with Crippen molar-refractivity contribution in [2.75, 3.05) is 0 Å². The minimum absolute atomic E-state index is 0.0103. The molecule has 276 valence electrons. The Bertz CT molecular complexity index is 1380. The number of aliphatic carboxylic acids is 1. The van der Waals surface area contributed by atoms with Gasteiger partial charge in [0.25, 0.3) is 0 Å². The summed E-state index contributed by atoms with van der Waals surface area (Å²) in [6.45, 7) is 24.4. The number of carboxylic acid groups (broad SMARTS) is 1. The summed E-state index contributed by atoms with van der Waals surface area (Å²) in [5.74, 6) is 0.0965. The molecule has 49 heavy (non-hydrogen) atoms. The molecule has 2 unspecified atom stereocenters. The molecular weight excluding hydrogens is 614 g/mol. The van der Waals surface area contributed by atoms with E-state index >= 15 is 0 Å². The number of allylic oxidation sites excluding steroid dienone is 1. The smallest absolute Gasteiger partial charge is 0.326 e. The van der Waals surface area contributed by atoms with E-state index in [9.17, 15) is 24.3 Å². The van der Waals surface area contributed by atoms with Crippen LogP contribution in [-0.4, -0.2) is 41.4 Å². The minimum Gasteiger partial charge on any atom is -0.480 e. The molecule has 5 rings (SSSR count). The van der Waals surface area contributed by atoms with Gasteiger partial charge in [-0.3, -0.25) is 9.59 Å². The number of amides is 1. The second kappa shape index (κ2) is 12.5. The normalized spacial score (nSPS) is 40.0. The molecule has 0 spiro atoms. The number of fused-ring (bicyclic) bond motifs is 7. The van der Waals surface area contributed by atoms with E-state index in [1.54, 1.807) is 13.8 Å². The first-order valence-corrected chi connectivity index (χ1v) is 19.4. The lowest BCUT2D eigenvalue weighted by Crippen LogP contribution is -2.67. The van der Waals surface area contributed by atoms with E-state index in [1.807, 2.05) is 13.8 Å². The zero-order valence-corrected chi connectivity index (χ0v) is 32.6. The summed E-state index contributed by atoms with van der Waals surface area (Å²) in [5, 5.41) is 13.1. The van der Waals surface area contributed by atoms with Gasteiger partial charge >= 0.3 is 11.9 Å². The van der Waals surface area contributed by atoms with Crippen molar-refractivity contribution in [3.05, 3.63) is 11.6 Å². The summed E-state index contributed by atoms with van der Waals surface area (Å²) in [4.78, 5) is 51.2. The van der Waals surface area contributed by atoms with Crippen LogP contribution < -0.4 is 5.32 Å². The molecule has 1 amide bonds. The first-order valence-electron chi connectivity index (χ1n) is 19.4. The van der Waals surface area contributed by atoms with Crippen molar-refractivity contribution in [1.82, 2.24) is 5.32 Å². The molecule has 0 radical (unpaired) electrons. The maximum atomic E-state index is 14.4. The second-order valence-corrected chi connectivity index (χ2v) is 20.4. The Morgan fingerprint density at radius 1 is 0.898 bits per heavy atom. The van der Waals surface area contributed by atoms with Gasteiger partial charge in [-0.1, -0.05) is 87.8 Å². The highest BCUT2D eigenvalue weighted by molar-refractivity contribution is 5.90. The molecule has 4 saturated carbocycles. The van der Waals surface area contributed by atoms with Crippen molar-refractivity contribution in [1.29, 1.82) is 0 Å². The Balaban J connectivity index is 1.44. The molecule has 0 bridgehead atoms. The maximum absolute atomic E-state index is 14.4. The SMILES string of the molecule is CC(C)C[C@H](NC(=O)[C@]12CCC(C)(C)C=C1[C@H]1CCC3[C@@]4(C)CC[C@H](OC(=O)CC(C)(C)C=O)C(C)(C)C4CC[C@@]3(C)[C@]1(C)CC2)C(=O)O. The van der Waals surface area contributed by atoms with Crippen LogP contribution in [0.2, 0.25) is 0 Å². The highest BCUT2D eigenvalue weighted by Gasteiger charge is 2.70. The number of carbonyl (C=O) groups is 4. The molecule has 5 aliphatic carbocycles. The second-order valence-electron chi connectivity index (χ2n) is 20.4. The summed E-state index contributed by atoms with van der Waals surface area (Å²) >= 11 is 0. The highest BCUT2D eigenvalue weighted by Crippen LogP contribution is 2.76. The number of esters is 1. The van der Waals surface area contributed by atoms with Gasteiger partial charge < -0.3 is 20.0 Å². The third-order valence-electron chi connectivity index (χ3n) is 15.5. The molecule has 0 aliphatic heterocycles.